The molecule has 0 saturated carbocycles. The Labute approximate surface area is 223 Å². The molecule has 1 aromatic heterocycles. The highest BCUT2D eigenvalue weighted by atomic mass is 19.1. The number of carbonyl (C=O) groups is 1. The van der Waals surface area contributed by atoms with Crippen LogP contribution in [0.3, 0.4) is 0 Å². The van der Waals surface area contributed by atoms with Crippen LogP contribution in [0.1, 0.15) is 43.5 Å². The molecule has 1 unspecified atom stereocenters. The van der Waals surface area contributed by atoms with Gasteiger partial charge >= 0.3 is 5.97 Å². The number of nitrogens with two attached hydrogens (primary N) is 1. The normalized spacial score (nSPS) is 12.2. The molecular formula is C31H35FN2O4. The molecule has 6 nitrogen and oxygen atoms in total. The standard InChI is InChI=1S/C31H35FN2O4/c1-20(2)34-13-12-25-27(26-10-7-9-24(17-33)31(26)32)14-22(15-28(25)34)19-37-29-11-6-5-8-23(29)16-30(35)38-21(3)18-36-4/h5-15,20-21H,16-19,33H2,1-4H3. The van der Waals surface area contributed by atoms with E-state index in [9.17, 15) is 4.79 Å². The van der Waals surface area contributed by atoms with Gasteiger partial charge in [-0.2, -0.15) is 0 Å². The van der Waals surface area contributed by atoms with Crippen LogP contribution in [-0.2, 0) is 33.8 Å². The molecule has 7 heteroatoms. The van der Waals surface area contributed by atoms with Crippen molar-refractivity contribution in [3.63, 3.8) is 0 Å². The van der Waals surface area contributed by atoms with Crippen molar-refractivity contribution >= 4 is 16.9 Å². The van der Waals surface area contributed by atoms with Crippen molar-refractivity contribution in [3.8, 4) is 16.9 Å². The van der Waals surface area contributed by atoms with Crippen LogP contribution in [-0.4, -0.2) is 30.4 Å². The van der Waals surface area contributed by atoms with E-state index in [-0.39, 0.29) is 43.5 Å². The number of hydrogen-bond donors (Lipinski definition) is 1. The van der Waals surface area contributed by atoms with E-state index >= 15 is 4.39 Å². The van der Waals surface area contributed by atoms with Gasteiger partial charge in [-0.05, 0) is 56.2 Å². The van der Waals surface area contributed by atoms with Crippen molar-refractivity contribution in [3.05, 3.63) is 89.4 Å². The third-order valence-electron chi connectivity index (χ3n) is 6.48. The zero-order valence-electron chi connectivity index (χ0n) is 22.4. The number of ether oxygens (including phenoxy) is 3. The number of fused-ring (bicyclic) bond motifs is 1. The van der Waals surface area contributed by atoms with Gasteiger partial charge in [0.25, 0.3) is 0 Å². The molecule has 0 fully saturated rings. The maximum Gasteiger partial charge on any atom is 0.310 e. The average molecular weight is 519 g/mol. The smallest absolute Gasteiger partial charge is 0.310 e. The monoisotopic (exact) mass is 518 g/mol. The van der Waals surface area contributed by atoms with E-state index < -0.39 is 0 Å². The number of esters is 1. The van der Waals surface area contributed by atoms with E-state index in [2.05, 4.69) is 24.5 Å². The predicted octanol–water partition coefficient (Wildman–Crippen LogP) is 6.19. The minimum Gasteiger partial charge on any atom is -0.489 e. The molecule has 0 amide bonds. The number of halogens is 1. The van der Waals surface area contributed by atoms with Crippen molar-refractivity contribution in [2.45, 2.75) is 52.5 Å². The maximum absolute atomic E-state index is 15.4. The van der Waals surface area contributed by atoms with Crippen molar-refractivity contribution in [2.75, 3.05) is 13.7 Å². The third kappa shape index (κ3) is 6.06. The summed E-state index contributed by atoms with van der Waals surface area (Å²) in [4.78, 5) is 12.4. The summed E-state index contributed by atoms with van der Waals surface area (Å²) in [5.41, 5.74) is 10.2. The quantitative estimate of drug-likeness (QED) is 0.240. The Balaban J connectivity index is 1.66. The van der Waals surface area contributed by atoms with Crippen molar-refractivity contribution in [1.82, 2.24) is 4.57 Å². The Morgan fingerprint density at radius 2 is 1.76 bits per heavy atom. The van der Waals surface area contributed by atoms with Crippen LogP contribution in [0.25, 0.3) is 22.0 Å². The van der Waals surface area contributed by atoms with E-state index in [1.807, 2.05) is 48.7 Å². The lowest BCUT2D eigenvalue weighted by molar-refractivity contribution is -0.149. The molecule has 0 spiro atoms. The fourth-order valence-corrected chi connectivity index (χ4v) is 4.66. The minimum absolute atomic E-state index is 0.0851. The Morgan fingerprint density at radius 3 is 2.50 bits per heavy atom. The second-order valence-electron chi connectivity index (χ2n) is 9.70. The van der Waals surface area contributed by atoms with E-state index in [1.165, 1.54) is 0 Å². The van der Waals surface area contributed by atoms with Gasteiger partial charge in [-0.1, -0.05) is 36.4 Å². The highest BCUT2D eigenvalue weighted by Gasteiger charge is 2.17. The molecular weight excluding hydrogens is 483 g/mol. The first-order valence-corrected chi connectivity index (χ1v) is 12.8. The average Bonchev–Trinajstić information content (AvgIpc) is 3.32. The molecule has 1 atom stereocenters. The van der Waals surface area contributed by atoms with Crippen LogP contribution in [0.4, 0.5) is 4.39 Å². The third-order valence-corrected chi connectivity index (χ3v) is 6.48. The van der Waals surface area contributed by atoms with E-state index in [4.69, 9.17) is 19.9 Å². The first-order chi connectivity index (χ1) is 18.3. The molecule has 0 aliphatic heterocycles. The minimum atomic E-state index is -0.348. The first kappa shape index (κ1) is 27.4. The second kappa shape index (κ2) is 12.2. The lowest BCUT2D eigenvalue weighted by Crippen LogP contribution is -2.21. The highest BCUT2D eigenvalue weighted by Crippen LogP contribution is 2.35. The van der Waals surface area contributed by atoms with Gasteiger partial charge in [0.15, 0.2) is 0 Å². The maximum atomic E-state index is 15.4. The molecule has 0 aliphatic rings. The Kier molecular flexibility index (Phi) is 8.81. The second-order valence-corrected chi connectivity index (χ2v) is 9.70. The van der Waals surface area contributed by atoms with Crippen molar-refractivity contribution in [2.24, 2.45) is 5.73 Å². The van der Waals surface area contributed by atoms with Gasteiger partial charge in [-0.25, -0.2) is 4.39 Å². The summed E-state index contributed by atoms with van der Waals surface area (Å²) in [6, 6.07) is 19.0. The predicted molar refractivity (Wildman–Crippen MR) is 148 cm³/mol. The van der Waals surface area contributed by atoms with Gasteiger partial charge in [-0.3, -0.25) is 4.79 Å². The molecule has 1 heterocycles. The number of aromatic nitrogens is 1. The summed E-state index contributed by atoms with van der Waals surface area (Å²) in [6.07, 6.45) is 1.78. The van der Waals surface area contributed by atoms with Crippen LogP contribution in [0.15, 0.2) is 66.9 Å². The summed E-state index contributed by atoms with van der Waals surface area (Å²) in [5, 5.41) is 0.962. The van der Waals surface area contributed by atoms with Crippen LogP contribution in [0, 0.1) is 5.82 Å². The molecule has 0 saturated heterocycles. The Bertz CT molecular complexity index is 1410. The van der Waals surface area contributed by atoms with E-state index in [0.717, 1.165) is 27.6 Å². The molecule has 4 rings (SSSR count). The molecule has 3 aromatic carbocycles. The van der Waals surface area contributed by atoms with Gasteiger partial charge in [0.1, 0.15) is 24.3 Å². The van der Waals surface area contributed by atoms with E-state index in [0.29, 0.717) is 23.5 Å². The number of hydrogen-bond acceptors (Lipinski definition) is 5. The van der Waals surface area contributed by atoms with Gasteiger partial charge < -0.3 is 24.5 Å². The Hall–Kier alpha value is -3.68. The molecule has 2 N–H and O–H groups in total. The molecule has 200 valence electrons. The van der Waals surface area contributed by atoms with Gasteiger partial charge in [0, 0.05) is 53.5 Å². The fourth-order valence-electron chi connectivity index (χ4n) is 4.66. The first-order valence-electron chi connectivity index (χ1n) is 12.8. The number of nitrogens with zero attached hydrogens (tertiary/aromatic N) is 1. The lowest BCUT2D eigenvalue weighted by Gasteiger charge is -2.16. The molecule has 38 heavy (non-hydrogen) atoms. The molecule has 0 aliphatic carbocycles. The zero-order chi connectivity index (χ0) is 27.2. The molecule has 0 bridgehead atoms. The largest absolute Gasteiger partial charge is 0.489 e. The summed E-state index contributed by atoms with van der Waals surface area (Å²) >= 11 is 0. The fraction of sp³-hybridized carbons (Fsp3) is 0.323. The molecule has 4 aromatic rings. The Morgan fingerprint density at radius 1 is 1.00 bits per heavy atom. The number of para-hydroxylation sites is 1. The van der Waals surface area contributed by atoms with Crippen LogP contribution < -0.4 is 10.5 Å². The zero-order valence-corrected chi connectivity index (χ0v) is 22.4. The van der Waals surface area contributed by atoms with Crippen molar-refractivity contribution in [1.29, 1.82) is 0 Å². The lowest BCUT2D eigenvalue weighted by atomic mass is 9.96. The van der Waals surface area contributed by atoms with Crippen LogP contribution >= 0.6 is 0 Å². The summed E-state index contributed by atoms with van der Waals surface area (Å²) in [5.74, 6) is -0.0569. The summed E-state index contributed by atoms with van der Waals surface area (Å²) in [6.45, 7) is 6.72. The number of carbonyl (C=O) groups excluding carboxylic acids is 1. The van der Waals surface area contributed by atoms with E-state index in [1.54, 1.807) is 26.2 Å². The van der Waals surface area contributed by atoms with Gasteiger partial charge in [-0.15, -0.1) is 0 Å². The molecule has 0 radical (unpaired) electrons. The summed E-state index contributed by atoms with van der Waals surface area (Å²) in [7, 11) is 1.57. The van der Waals surface area contributed by atoms with Crippen LogP contribution in [0.2, 0.25) is 0 Å². The number of rotatable bonds is 11. The topological polar surface area (TPSA) is 75.7 Å². The van der Waals surface area contributed by atoms with Gasteiger partial charge in [0.2, 0.25) is 0 Å². The van der Waals surface area contributed by atoms with Crippen molar-refractivity contribution < 1.29 is 23.4 Å². The SMILES string of the molecule is COCC(C)OC(=O)Cc1ccccc1OCc1cc(-c2cccc(CN)c2F)c2ccn(C(C)C)c2c1. The summed E-state index contributed by atoms with van der Waals surface area (Å²) < 4.78 is 34.2. The number of benzene rings is 3. The van der Waals surface area contributed by atoms with Gasteiger partial charge in [0.05, 0.1) is 13.0 Å². The highest BCUT2D eigenvalue weighted by molar-refractivity contribution is 5.96. The van der Waals surface area contributed by atoms with Crippen LogP contribution in [0.5, 0.6) is 5.75 Å². The number of methoxy groups -OCH3 is 1.